The largest absolute Gasteiger partial charge is 0.398 e. The molecule has 0 amide bonds. The second-order valence-electron chi connectivity index (χ2n) is 3.29. The van der Waals surface area contributed by atoms with E-state index in [0.29, 0.717) is 16.4 Å². The summed E-state index contributed by atoms with van der Waals surface area (Å²) in [6.45, 7) is 0. The van der Waals surface area contributed by atoms with Crippen LogP contribution in [0.4, 0.5) is 11.4 Å². The maximum Gasteiger partial charge on any atom is 0.0641 e. The standard InChI is InChI=1S/C12H11ClN2/c13-10-6-3-5-9(12(10)15)8-4-1-2-7-11(8)14/h1-7H,14-15H2. The third-order valence-electron chi connectivity index (χ3n) is 2.30. The Balaban J connectivity index is 2.65. The fourth-order valence-electron chi connectivity index (χ4n) is 1.51. The molecule has 0 fully saturated rings. The fourth-order valence-corrected chi connectivity index (χ4v) is 1.69. The van der Waals surface area contributed by atoms with E-state index in [1.165, 1.54) is 0 Å². The van der Waals surface area contributed by atoms with Gasteiger partial charge in [0.25, 0.3) is 0 Å². The van der Waals surface area contributed by atoms with Gasteiger partial charge in [-0.25, -0.2) is 0 Å². The smallest absolute Gasteiger partial charge is 0.0641 e. The zero-order valence-corrected chi connectivity index (χ0v) is 8.83. The Labute approximate surface area is 93.5 Å². The van der Waals surface area contributed by atoms with Gasteiger partial charge in [-0.2, -0.15) is 0 Å². The number of hydrogen-bond donors (Lipinski definition) is 2. The van der Waals surface area contributed by atoms with Crippen LogP contribution in [-0.4, -0.2) is 0 Å². The van der Waals surface area contributed by atoms with Gasteiger partial charge < -0.3 is 11.5 Å². The number of rotatable bonds is 1. The van der Waals surface area contributed by atoms with Crippen LogP contribution in [0.2, 0.25) is 5.02 Å². The molecule has 0 spiro atoms. The second kappa shape index (κ2) is 3.83. The summed E-state index contributed by atoms with van der Waals surface area (Å²) in [4.78, 5) is 0. The van der Waals surface area contributed by atoms with E-state index in [9.17, 15) is 0 Å². The van der Waals surface area contributed by atoms with Gasteiger partial charge >= 0.3 is 0 Å². The normalized spacial score (nSPS) is 10.2. The van der Waals surface area contributed by atoms with Crippen LogP contribution in [0.15, 0.2) is 42.5 Å². The number of halogens is 1. The molecule has 2 nitrogen and oxygen atoms in total. The fraction of sp³-hybridized carbons (Fsp3) is 0. The molecule has 2 aromatic carbocycles. The molecule has 76 valence electrons. The van der Waals surface area contributed by atoms with E-state index in [2.05, 4.69) is 0 Å². The molecule has 2 aromatic rings. The van der Waals surface area contributed by atoms with E-state index in [4.69, 9.17) is 23.1 Å². The molecular weight excluding hydrogens is 208 g/mol. The van der Waals surface area contributed by atoms with Crippen molar-refractivity contribution in [2.45, 2.75) is 0 Å². The van der Waals surface area contributed by atoms with Gasteiger partial charge in [-0.3, -0.25) is 0 Å². The summed E-state index contributed by atoms with van der Waals surface area (Å²) < 4.78 is 0. The van der Waals surface area contributed by atoms with Gasteiger partial charge in [0.2, 0.25) is 0 Å². The van der Waals surface area contributed by atoms with Crippen molar-refractivity contribution in [3.8, 4) is 11.1 Å². The molecule has 15 heavy (non-hydrogen) atoms. The number of hydrogen-bond acceptors (Lipinski definition) is 2. The van der Waals surface area contributed by atoms with Crippen LogP contribution in [0.25, 0.3) is 11.1 Å². The average molecular weight is 219 g/mol. The first-order valence-electron chi connectivity index (χ1n) is 4.59. The molecule has 3 heteroatoms. The molecule has 0 bridgehead atoms. The summed E-state index contributed by atoms with van der Waals surface area (Å²) in [5.74, 6) is 0. The van der Waals surface area contributed by atoms with E-state index in [0.717, 1.165) is 11.1 Å². The Bertz CT molecular complexity index is 495. The van der Waals surface area contributed by atoms with Gasteiger partial charge in [0.15, 0.2) is 0 Å². The molecule has 2 rings (SSSR count). The molecule has 0 aliphatic heterocycles. The van der Waals surface area contributed by atoms with Gasteiger partial charge in [0.1, 0.15) is 0 Å². The Morgan fingerprint density at radius 3 is 2.20 bits per heavy atom. The monoisotopic (exact) mass is 218 g/mol. The third kappa shape index (κ3) is 1.76. The van der Waals surface area contributed by atoms with Gasteiger partial charge in [-0.1, -0.05) is 41.9 Å². The average Bonchev–Trinajstić information content (AvgIpc) is 2.23. The molecule has 4 N–H and O–H groups in total. The lowest BCUT2D eigenvalue weighted by atomic mass is 10.0. The van der Waals surface area contributed by atoms with E-state index in [1.807, 2.05) is 36.4 Å². The highest BCUT2D eigenvalue weighted by molar-refractivity contribution is 6.33. The first-order chi connectivity index (χ1) is 7.20. The van der Waals surface area contributed by atoms with E-state index >= 15 is 0 Å². The van der Waals surface area contributed by atoms with Gasteiger partial charge in [-0.15, -0.1) is 0 Å². The quantitative estimate of drug-likeness (QED) is 0.723. The summed E-state index contributed by atoms with van der Waals surface area (Å²) in [6, 6.07) is 13.1. The van der Waals surface area contributed by atoms with Crippen molar-refractivity contribution in [2.24, 2.45) is 0 Å². The second-order valence-corrected chi connectivity index (χ2v) is 3.70. The summed E-state index contributed by atoms with van der Waals surface area (Å²) in [5, 5.41) is 0.552. The van der Waals surface area contributed by atoms with Gasteiger partial charge in [0, 0.05) is 16.8 Å². The maximum absolute atomic E-state index is 5.95. The van der Waals surface area contributed by atoms with Crippen LogP contribution in [-0.2, 0) is 0 Å². The SMILES string of the molecule is Nc1ccccc1-c1cccc(Cl)c1N. The highest BCUT2D eigenvalue weighted by Gasteiger charge is 2.07. The Morgan fingerprint density at radius 2 is 1.47 bits per heavy atom. The molecule has 0 aliphatic rings. The molecule has 0 saturated heterocycles. The summed E-state index contributed by atoms with van der Waals surface area (Å²) in [5.41, 5.74) is 14.8. The maximum atomic E-state index is 5.95. The van der Waals surface area contributed by atoms with Crippen LogP contribution in [0.3, 0.4) is 0 Å². The Morgan fingerprint density at radius 1 is 0.800 bits per heavy atom. The van der Waals surface area contributed by atoms with Crippen molar-refractivity contribution in [2.75, 3.05) is 11.5 Å². The molecule has 0 atom stereocenters. The predicted molar refractivity (Wildman–Crippen MR) is 65.7 cm³/mol. The van der Waals surface area contributed by atoms with Gasteiger partial charge in [0.05, 0.1) is 10.7 Å². The van der Waals surface area contributed by atoms with Crippen molar-refractivity contribution >= 4 is 23.0 Å². The van der Waals surface area contributed by atoms with Crippen molar-refractivity contribution in [1.82, 2.24) is 0 Å². The lowest BCUT2D eigenvalue weighted by Gasteiger charge is -2.09. The number of nitrogen functional groups attached to an aromatic ring is 2. The van der Waals surface area contributed by atoms with Gasteiger partial charge in [-0.05, 0) is 12.1 Å². The highest BCUT2D eigenvalue weighted by Crippen LogP contribution is 2.34. The topological polar surface area (TPSA) is 52.0 Å². The van der Waals surface area contributed by atoms with Crippen molar-refractivity contribution in [3.05, 3.63) is 47.5 Å². The zero-order valence-electron chi connectivity index (χ0n) is 8.07. The Kier molecular flexibility index (Phi) is 2.52. The van der Waals surface area contributed by atoms with Crippen LogP contribution in [0.5, 0.6) is 0 Å². The zero-order chi connectivity index (χ0) is 10.8. The minimum Gasteiger partial charge on any atom is -0.398 e. The molecule has 0 aliphatic carbocycles. The molecular formula is C12H11ClN2. The minimum absolute atomic E-state index is 0.552. The van der Waals surface area contributed by atoms with E-state index in [-0.39, 0.29) is 0 Å². The first kappa shape index (κ1) is 9.87. The third-order valence-corrected chi connectivity index (χ3v) is 2.63. The van der Waals surface area contributed by atoms with Crippen molar-refractivity contribution < 1.29 is 0 Å². The summed E-state index contributed by atoms with van der Waals surface area (Å²) >= 11 is 5.95. The van der Waals surface area contributed by atoms with Crippen LogP contribution in [0, 0.1) is 0 Å². The minimum atomic E-state index is 0.552. The summed E-state index contributed by atoms with van der Waals surface area (Å²) in [7, 11) is 0. The number of benzene rings is 2. The van der Waals surface area contributed by atoms with Crippen LogP contribution >= 0.6 is 11.6 Å². The first-order valence-corrected chi connectivity index (χ1v) is 4.97. The number of anilines is 2. The molecule has 0 saturated carbocycles. The lowest BCUT2D eigenvalue weighted by Crippen LogP contribution is -1.94. The molecule has 0 radical (unpaired) electrons. The summed E-state index contributed by atoms with van der Waals surface area (Å²) in [6.07, 6.45) is 0. The lowest BCUT2D eigenvalue weighted by molar-refractivity contribution is 1.60. The number of nitrogens with two attached hydrogens (primary N) is 2. The van der Waals surface area contributed by atoms with Crippen molar-refractivity contribution in [1.29, 1.82) is 0 Å². The predicted octanol–water partition coefficient (Wildman–Crippen LogP) is 3.17. The molecule has 0 unspecified atom stereocenters. The molecule has 0 heterocycles. The van der Waals surface area contributed by atoms with Crippen LogP contribution < -0.4 is 11.5 Å². The van der Waals surface area contributed by atoms with E-state index < -0.39 is 0 Å². The van der Waals surface area contributed by atoms with E-state index in [1.54, 1.807) is 6.07 Å². The van der Waals surface area contributed by atoms with Crippen LogP contribution in [0.1, 0.15) is 0 Å². The molecule has 0 aromatic heterocycles. The Hall–Kier alpha value is -1.67. The van der Waals surface area contributed by atoms with Crippen molar-refractivity contribution in [3.63, 3.8) is 0 Å². The number of para-hydroxylation sites is 2. The highest BCUT2D eigenvalue weighted by atomic mass is 35.5.